The number of nitrogens with zero attached hydrogens (tertiary/aromatic N) is 1. The average Bonchev–Trinajstić information content (AvgIpc) is 2.56. The van der Waals surface area contributed by atoms with E-state index < -0.39 is 0 Å². The van der Waals surface area contributed by atoms with Gasteiger partial charge >= 0.3 is 0 Å². The Balaban J connectivity index is 2.27. The molecule has 118 valence electrons. The molecule has 20 heavy (non-hydrogen) atoms. The highest BCUT2D eigenvalue weighted by molar-refractivity contribution is 5.76. The van der Waals surface area contributed by atoms with Crippen molar-refractivity contribution in [3.8, 4) is 0 Å². The molecule has 0 bridgehead atoms. The van der Waals surface area contributed by atoms with Crippen molar-refractivity contribution in [2.75, 3.05) is 39.9 Å². The number of carbonyl (C=O) groups excluding carboxylic acids is 1. The number of methoxy groups -OCH3 is 1. The second kappa shape index (κ2) is 8.63. The molecule has 0 aromatic carbocycles. The van der Waals surface area contributed by atoms with Crippen molar-refractivity contribution in [2.45, 2.75) is 46.5 Å². The van der Waals surface area contributed by atoms with Gasteiger partial charge in [0.15, 0.2) is 0 Å². The van der Waals surface area contributed by atoms with Gasteiger partial charge in [-0.15, -0.1) is 0 Å². The van der Waals surface area contributed by atoms with Crippen LogP contribution in [0, 0.1) is 11.3 Å². The topological polar surface area (TPSA) is 41.6 Å². The SMILES string of the molecule is COCCNCCCN1CCC(C(C)(C)C)CCC1=O. The maximum Gasteiger partial charge on any atom is 0.222 e. The van der Waals surface area contributed by atoms with Crippen LogP contribution >= 0.6 is 0 Å². The average molecular weight is 284 g/mol. The van der Waals surface area contributed by atoms with E-state index in [4.69, 9.17) is 4.74 Å². The second-order valence-electron chi connectivity index (χ2n) is 6.87. The predicted molar refractivity (Wildman–Crippen MR) is 82.7 cm³/mol. The Morgan fingerprint density at radius 2 is 2.05 bits per heavy atom. The Morgan fingerprint density at radius 3 is 2.70 bits per heavy atom. The smallest absolute Gasteiger partial charge is 0.222 e. The van der Waals surface area contributed by atoms with Gasteiger partial charge in [0.25, 0.3) is 0 Å². The summed E-state index contributed by atoms with van der Waals surface area (Å²) in [4.78, 5) is 14.2. The fourth-order valence-electron chi connectivity index (χ4n) is 2.83. The molecule has 0 saturated carbocycles. The molecule has 0 aromatic heterocycles. The van der Waals surface area contributed by atoms with Crippen LogP contribution in [0.25, 0.3) is 0 Å². The molecule has 0 aliphatic carbocycles. The first-order chi connectivity index (χ1) is 9.45. The Hall–Kier alpha value is -0.610. The highest BCUT2D eigenvalue weighted by Gasteiger charge is 2.29. The van der Waals surface area contributed by atoms with Crippen LogP contribution in [-0.2, 0) is 9.53 Å². The molecule has 0 radical (unpaired) electrons. The number of ether oxygens (including phenoxy) is 1. The van der Waals surface area contributed by atoms with Gasteiger partial charge in [0.2, 0.25) is 5.91 Å². The van der Waals surface area contributed by atoms with Crippen molar-refractivity contribution in [1.82, 2.24) is 10.2 Å². The first-order valence-electron chi connectivity index (χ1n) is 7.92. The van der Waals surface area contributed by atoms with Crippen LogP contribution in [0.5, 0.6) is 0 Å². The lowest BCUT2D eigenvalue weighted by Crippen LogP contribution is -2.33. The second-order valence-corrected chi connectivity index (χ2v) is 6.87. The molecule has 4 heteroatoms. The first kappa shape index (κ1) is 17.4. The van der Waals surface area contributed by atoms with E-state index in [0.29, 0.717) is 17.2 Å². The van der Waals surface area contributed by atoms with Crippen molar-refractivity contribution in [2.24, 2.45) is 11.3 Å². The van der Waals surface area contributed by atoms with Crippen molar-refractivity contribution in [3.63, 3.8) is 0 Å². The largest absolute Gasteiger partial charge is 0.383 e. The lowest BCUT2D eigenvalue weighted by molar-refractivity contribution is -0.130. The molecule has 1 amide bonds. The van der Waals surface area contributed by atoms with Crippen LogP contribution in [0.4, 0.5) is 0 Å². The van der Waals surface area contributed by atoms with Crippen molar-refractivity contribution >= 4 is 5.91 Å². The zero-order chi connectivity index (χ0) is 15.0. The number of likely N-dealkylation sites (tertiary alicyclic amines) is 1. The molecule has 4 nitrogen and oxygen atoms in total. The van der Waals surface area contributed by atoms with Crippen LogP contribution in [-0.4, -0.2) is 50.7 Å². The van der Waals surface area contributed by atoms with Crippen LogP contribution in [0.1, 0.15) is 46.5 Å². The van der Waals surface area contributed by atoms with Gasteiger partial charge in [-0.2, -0.15) is 0 Å². The fraction of sp³-hybridized carbons (Fsp3) is 0.938. The standard InChI is InChI=1S/C16H32N2O2/c1-16(2,3)14-6-7-15(19)18(12-8-14)11-5-9-17-10-13-20-4/h14,17H,5-13H2,1-4H3. The molecule has 0 spiro atoms. The number of hydrogen-bond acceptors (Lipinski definition) is 3. The Kier molecular flexibility index (Phi) is 7.52. The van der Waals surface area contributed by atoms with Gasteiger partial charge in [-0.3, -0.25) is 4.79 Å². The Morgan fingerprint density at radius 1 is 1.30 bits per heavy atom. The van der Waals surface area contributed by atoms with E-state index in [1.165, 1.54) is 0 Å². The molecule has 1 saturated heterocycles. The maximum atomic E-state index is 12.1. The molecule has 1 unspecified atom stereocenters. The zero-order valence-corrected chi connectivity index (χ0v) is 13.7. The number of rotatable bonds is 7. The predicted octanol–water partition coefficient (Wildman–Crippen LogP) is 2.29. The van der Waals surface area contributed by atoms with E-state index in [0.717, 1.165) is 58.5 Å². The van der Waals surface area contributed by atoms with Gasteiger partial charge in [0, 0.05) is 33.2 Å². The molecular formula is C16H32N2O2. The molecule has 1 fully saturated rings. The fourth-order valence-corrected chi connectivity index (χ4v) is 2.83. The first-order valence-corrected chi connectivity index (χ1v) is 7.92. The minimum absolute atomic E-state index is 0.317. The van der Waals surface area contributed by atoms with E-state index >= 15 is 0 Å². The minimum atomic E-state index is 0.317. The van der Waals surface area contributed by atoms with Crippen LogP contribution in [0.2, 0.25) is 0 Å². The Labute approximate surface area is 124 Å². The minimum Gasteiger partial charge on any atom is -0.383 e. The van der Waals surface area contributed by atoms with Crippen LogP contribution in [0.15, 0.2) is 0 Å². The normalized spacial score (nSPS) is 21.1. The number of hydrogen-bond donors (Lipinski definition) is 1. The Bertz CT molecular complexity index is 287. The van der Waals surface area contributed by atoms with Gasteiger partial charge in [-0.25, -0.2) is 0 Å². The third kappa shape index (κ3) is 6.23. The van der Waals surface area contributed by atoms with E-state index in [1.54, 1.807) is 7.11 Å². The summed E-state index contributed by atoms with van der Waals surface area (Å²) in [6.45, 7) is 11.3. The summed E-state index contributed by atoms with van der Waals surface area (Å²) in [6.07, 6.45) is 3.94. The molecule has 0 aromatic rings. The summed E-state index contributed by atoms with van der Waals surface area (Å²) in [5, 5.41) is 3.33. The molecular weight excluding hydrogens is 252 g/mol. The molecule has 1 rings (SSSR count). The maximum absolute atomic E-state index is 12.1. The van der Waals surface area contributed by atoms with Gasteiger partial charge in [0.05, 0.1) is 6.61 Å². The van der Waals surface area contributed by atoms with Gasteiger partial charge in [-0.05, 0) is 37.1 Å². The number of amides is 1. The quantitative estimate of drug-likeness (QED) is 0.729. The summed E-state index contributed by atoms with van der Waals surface area (Å²) >= 11 is 0. The third-order valence-corrected chi connectivity index (χ3v) is 4.30. The molecule has 1 aliphatic rings. The molecule has 1 aliphatic heterocycles. The highest BCUT2D eigenvalue weighted by Crippen LogP contribution is 2.34. The molecule has 1 atom stereocenters. The summed E-state index contributed by atoms with van der Waals surface area (Å²) in [5.41, 5.74) is 0.317. The summed E-state index contributed by atoms with van der Waals surface area (Å²) < 4.78 is 4.99. The van der Waals surface area contributed by atoms with Gasteiger partial charge in [-0.1, -0.05) is 20.8 Å². The van der Waals surface area contributed by atoms with Crippen molar-refractivity contribution in [1.29, 1.82) is 0 Å². The zero-order valence-electron chi connectivity index (χ0n) is 13.7. The number of nitrogens with one attached hydrogen (secondary N) is 1. The molecule has 1 N–H and O–H groups in total. The third-order valence-electron chi connectivity index (χ3n) is 4.30. The lowest BCUT2D eigenvalue weighted by atomic mass is 9.77. The van der Waals surface area contributed by atoms with Crippen molar-refractivity contribution < 1.29 is 9.53 Å². The molecule has 1 heterocycles. The van der Waals surface area contributed by atoms with E-state index in [1.807, 2.05) is 0 Å². The van der Waals surface area contributed by atoms with Crippen LogP contribution < -0.4 is 5.32 Å². The lowest BCUT2D eigenvalue weighted by Gasteiger charge is -2.29. The van der Waals surface area contributed by atoms with E-state index in [9.17, 15) is 4.79 Å². The highest BCUT2D eigenvalue weighted by atomic mass is 16.5. The summed E-state index contributed by atoms with van der Waals surface area (Å²) in [7, 11) is 1.71. The summed E-state index contributed by atoms with van der Waals surface area (Å²) in [5.74, 6) is 1.00. The monoisotopic (exact) mass is 284 g/mol. The summed E-state index contributed by atoms with van der Waals surface area (Å²) in [6, 6.07) is 0. The van der Waals surface area contributed by atoms with E-state index in [2.05, 4.69) is 31.0 Å². The van der Waals surface area contributed by atoms with Gasteiger partial charge in [0.1, 0.15) is 0 Å². The van der Waals surface area contributed by atoms with Crippen molar-refractivity contribution in [3.05, 3.63) is 0 Å². The van der Waals surface area contributed by atoms with Gasteiger partial charge < -0.3 is 15.0 Å². The number of carbonyl (C=O) groups is 1. The van der Waals surface area contributed by atoms with E-state index in [-0.39, 0.29) is 0 Å². The van der Waals surface area contributed by atoms with Crippen LogP contribution in [0.3, 0.4) is 0 Å².